The van der Waals surface area contributed by atoms with Crippen LogP contribution in [0.15, 0.2) is 48.5 Å². The molecule has 0 fully saturated rings. The Hall–Kier alpha value is -3.95. The molecule has 10 nitrogen and oxygen atoms in total. The van der Waals surface area contributed by atoms with Crippen LogP contribution in [0, 0.1) is 10.1 Å². The molecular weight excluding hydrogens is 394 g/mol. The Morgan fingerprint density at radius 1 is 1.23 bits per heavy atom. The number of carbonyl (C=O) groups excluding carboxylic acids is 3. The van der Waals surface area contributed by atoms with E-state index < -0.39 is 29.4 Å². The van der Waals surface area contributed by atoms with Gasteiger partial charge in [-0.3, -0.25) is 29.4 Å². The average molecular weight is 413 g/mol. The standard InChI is InChI=1S/C20H19N3O7/c1-13(20(26)21-14-6-2-3-7-15(14)23(27)28)30-19(25)12-22-16-8-4-5-9-17(16)29-11-10-18(22)24/h2-9,13H,10-12H2,1H3,(H,21,26)/t13-/m0/s1. The molecule has 156 valence electrons. The summed E-state index contributed by atoms with van der Waals surface area (Å²) in [5, 5.41) is 13.4. The number of hydrogen-bond acceptors (Lipinski definition) is 7. The van der Waals surface area contributed by atoms with Crippen molar-refractivity contribution in [3.05, 3.63) is 58.6 Å². The predicted octanol–water partition coefficient (Wildman–Crippen LogP) is 2.28. The number of rotatable bonds is 6. The van der Waals surface area contributed by atoms with Crippen molar-refractivity contribution >= 4 is 34.8 Å². The molecule has 1 atom stereocenters. The van der Waals surface area contributed by atoms with Gasteiger partial charge in [-0.05, 0) is 25.1 Å². The van der Waals surface area contributed by atoms with Gasteiger partial charge in [0.2, 0.25) is 5.91 Å². The third-order valence-corrected chi connectivity index (χ3v) is 4.35. The molecule has 1 aliphatic rings. The first kappa shape index (κ1) is 20.8. The highest BCUT2D eigenvalue weighted by Crippen LogP contribution is 2.31. The molecule has 1 aliphatic heterocycles. The van der Waals surface area contributed by atoms with Gasteiger partial charge < -0.3 is 14.8 Å². The second-order valence-corrected chi connectivity index (χ2v) is 6.44. The number of nitro groups is 1. The van der Waals surface area contributed by atoms with Gasteiger partial charge in [0.05, 0.1) is 23.6 Å². The highest BCUT2D eigenvalue weighted by molar-refractivity contribution is 6.00. The van der Waals surface area contributed by atoms with Crippen LogP contribution in [-0.2, 0) is 19.1 Å². The van der Waals surface area contributed by atoms with Crippen molar-refractivity contribution < 1.29 is 28.8 Å². The maximum absolute atomic E-state index is 12.4. The summed E-state index contributed by atoms with van der Waals surface area (Å²) in [4.78, 5) is 48.7. The molecule has 2 amide bonds. The number of fused-ring (bicyclic) bond motifs is 1. The van der Waals surface area contributed by atoms with E-state index in [0.29, 0.717) is 11.4 Å². The van der Waals surface area contributed by atoms with Crippen molar-refractivity contribution in [2.75, 3.05) is 23.4 Å². The molecule has 0 saturated heterocycles. The largest absolute Gasteiger partial charge is 0.491 e. The van der Waals surface area contributed by atoms with Crippen LogP contribution in [0.5, 0.6) is 5.75 Å². The molecule has 0 aliphatic carbocycles. The third kappa shape index (κ3) is 4.72. The van der Waals surface area contributed by atoms with Crippen molar-refractivity contribution in [2.24, 2.45) is 0 Å². The van der Waals surface area contributed by atoms with Gasteiger partial charge in [-0.1, -0.05) is 24.3 Å². The highest BCUT2D eigenvalue weighted by Gasteiger charge is 2.28. The summed E-state index contributed by atoms with van der Waals surface area (Å²) in [6.07, 6.45) is -1.14. The Morgan fingerprint density at radius 3 is 2.70 bits per heavy atom. The fraction of sp³-hybridized carbons (Fsp3) is 0.250. The van der Waals surface area contributed by atoms with Crippen LogP contribution in [-0.4, -0.2) is 42.0 Å². The molecule has 0 saturated carbocycles. The van der Waals surface area contributed by atoms with Gasteiger partial charge in [-0.15, -0.1) is 0 Å². The lowest BCUT2D eigenvalue weighted by Crippen LogP contribution is -2.39. The predicted molar refractivity (Wildman–Crippen MR) is 106 cm³/mol. The molecule has 0 spiro atoms. The minimum absolute atomic E-state index is 0.0100. The maximum atomic E-state index is 12.4. The van der Waals surface area contributed by atoms with Crippen molar-refractivity contribution in [3.63, 3.8) is 0 Å². The summed E-state index contributed by atoms with van der Waals surface area (Å²) < 4.78 is 10.6. The van der Waals surface area contributed by atoms with Gasteiger partial charge in [0.1, 0.15) is 18.0 Å². The number of esters is 1. The molecule has 0 radical (unpaired) electrons. The molecule has 0 aromatic heterocycles. The van der Waals surface area contributed by atoms with E-state index in [1.807, 2.05) is 0 Å². The van der Waals surface area contributed by atoms with E-state index >= 15 is 0 Å². The smallest absolute Gasteiger partial charge is 0.326 e. The Morgan fingerprint density at radius 2 is 1.93 bits per heavy atom. The second-order valence-electron chi connectivity index (χ2n) is 6.44. The molecule has 1 N–H and O–H groups in total. The van der Waals surface area contributed by atoms with E-state index in [0.717, 1.165) is 0 Å². The molecular formula is C20H19N3O7. The number of anilines is 2. The minimum Gasteiger partial charge on any atom is -0.491 e. The number of para-hydroxylation sites is 4. The van der Waals surface area contributed by atoms with Crippen molar-refractivity contribution in [1.82, 2.24) is 0 Å². The first-order valence-electron chi connectivity index (χ1n) is 9.13. The summed E-state index contributed by atoms with van der Waals surface area (Å²) in [7, 11) is 0. The molecule has 30 heavy (non-hydrogen) atoms. The molecule has 10 heteroatoms. The second kappa shape index (κ2) is 9.03. The van der Waals surface area contributed by atoms with Gasteiger partial charge in [-0.2, -0.15) is 0 Å². The summed E-state index contributed by atoms with van der Waals surface area (Å²) in [5.74, 6) is -1.37. The molecule has 2 aromatic rings. The van der Waals surface area contributed by atoms with E-state index in [1.54, 1.807) is 24.3 Å². The number of nitrogens with one attached hydrogen (secondary N) is 1. The van der Waals surface area contributed by atoms with Crippen molar-refractivity contribution in [2.45, 2.75) is 19.4 Å². The van der Waals surface area contributed by atoms with E-state index in [1.165, 1.54) is 36.1 Å². The lowest BCUT2D eigenvalue weighted by atomic mass is 10.2. The summed E-state index contributed by atoms with van der Waals surface area (Å²) in [6, 6.07) is 12.4. The van der Waals surface area contributed by atoms with Crippen LogP contribution < -0.4 is 15.0 Å². The van der Waals surface area contributed by atoms with Crippen LogP contribution in [0.2, 0.25) is 0 Å². The number of benzene rings is 2. The maximum Gasteiger partial charge on any atom is 0.326 e. The Kier molecular flexibility index (Phi) is 6.26. The SMILES string of the molecule is C[C@H](OC(=O)CN1C(=O)CCOc2ccccc21)C(=O)Nc1ccccc1[N+](=O)[O-]. The van der Waals surface area contributed by atoms with Crippen molar-refractivity contribution in [1.29, 1.82) is 0 Å². The number of carbonyl (C=O) groups is 3. The number of hydrogen-bond donors (Lipinski definition) is 1. The van der Waals surface area contributed by atoms with Crippen LogP contribution in [0.25, 0.3) is 0 Å². The zero-order valence-corrected chi connectivity index (χ0v) is 16.1. The first-order chi connectivity index (χ1) is 14.4. The van der Waals surface area contributed by atoms with E-state index in [4.69, 9.17) is 9.47 Å². The lowest BCUT2D eigenvalue weighted by molar-refractivity contribution is -0.383. The van der Waals surface area contributed by atoms with Crippen LogP contribution in [0.4, 0.5) is 17.1 Å². The highest BCUT2D eigenvalue weighted by atomic mass is 16.6. The summed E-state index contributed by atoms with van der Waals surface area (Å²) in [5.41, 5.74) is 0.147. The van der Waals surface area contributed by atoms with E-state index in [2.05, 4.69) is 5.32 Å². The molecule has 0 bridgehead atoms. The monoisotopic (exact) mass is 413 g/mol. The third-order valence-electron chi connectivity index (χ3n) is 4.35. The van der Waals surface area contributed by atoms with Crippen LogP contribution in [0.3, 0.4) is 0 Å². The summed E-state index contributed by atoms with van der Waals surface area (Å²) in [6.45, 7) is 1.13. The molecule has 1 heterocycles. The molecule has 2 aromatic carbocycles. The zero-order chi connectivity index (χ0) is 21.7. The van der Waals surface area contributed by atoms with Gasteiger partial charge in [0.25, 0.3) is 11.6 Å². The number of amides is 2. The Bertz CT molecular complexity index is 992. The summed E-state index contributed by atoms with van der Waals surface area (Å²) >= 11 is 0. The molecule has 3 rings (SSSR count). The van der Waals surface area contributed by atoms with Crippen LogP contribution in [0.1, 0.15) is 13.3 Å². The number of nitrogens with zero attached hydrogens (tertiary/aromatic N) is 2. The van der Waals surface area contributed by atoms with Crippen molar-refractivity contribution in [3.8, 4) is 5.75 Å². The topological polar surface area (TPSA) is 128 Å². The quantitative estimate of drug-likeness (QED) is 0.437. The zero-order valence-electron chi connectivity index (χ0n) is 16.1. The minimum atomic E-state index is -1.23. The van der Waals surface area contributed by atoms with Gasteiger partial charge in [0.15, 0.2) is 6.10 Å². The van der Waals surface area contributed by atoms with E-state index in [-0.39, 0.29) is 30.3 Å². The Balaban J connectivity index is 1.65. The normalized spacial score (nSPS) is 14.0. The van der Waals surface area contributed by atoms with Gasteiger partial charge in [-0.25, -0.2) is 0 Å². The first-order valence-corrected chi connectivity index (χ1v) is 9.13. The van der Waals surface area contributed by atoms with Gasteiger partial charge >= 0.3 is 5.97 Å². The fourth-order valence-corrected chi connectivity index (χ4v) is 2.88. The van der Waals surface area contributed by atoms with Gasteiger partial charge in [0, 0.05) is 6.07 Å². The molecule has 0 unspecified atom stereocenters. The number of ether oxygens (including phenoxy) is 2. The van der Waals surface area contributed by atoms with Crippen LogP contribution >= 0.6 is 0 Å². The fourth-order valence-electron chi connectivity index (χ4n) is 2.88. The lowest BCUT2D eigenvalue weighted by Gasteiger charge is -2.22. The Labute approximate surface area is 171 Å². The number of nitro benzene ring substituents is 1. The average Bonchev–Trinajstić information content (AvgIpc) is 2.87. The van der Waals surface area contributed by atoms with E-state index in [9.17, 15) is 24.5 Å².